The van der Waals surface area contributed by atoms with E-state index in [1.165, 1.54) is 16.7 Å². The van der Waals surface area contributed by atoms with Crippen LogP contribution in [0.15, 0.2) is 24.3 Å². The molecule has 6 heteroatoms. The Morgan fingerprint density at radius 2 is 1.74 bits per heavy atom. The van der Waals surface area contributed by atoms with Gasteiger partial charge in [-0.2, -0.15) is 9.78 Å². The molecule has 1 aliphatic heterocycles. The molecule has 3 heterocycles. The van der Waals surface area contributed by atoms with Crippen LogP contribution in [0.1, 0.15) is 51.7 Å². The molecule has 138 valence electrons. The number of hydrogen-bond donors (Lipinski definition) is 1. The average Bonchev–Trinajstić information content (AvgIpc) is 2.90. The summed E-state index contributed by atoms with van der Waals surface area (Å²) < 4.78 is 1.66. The van der Waals surface area contributed by atoms with Crippen LogP contribution in [-0.4, -0.2) is 25.7 Å². The zero-order chi connectivity index (χ0) is 19.3. The lowest BCUT2D eigenvalue weighted by Crippen LogP contribution is -2.25. The lowest BCUT2D eigenvalue weighted by atomic mass is 9.83. The van der Waals surface area contributed by atoms with Gasteiger partial charge in [0, 0.05) is 29.3 Å². The number of anilines is 1. The normalized spacial score (nSPS) is 16.2. The molecule has 2 aromatic heterocycles. The second-order valence-corrected chi connectivity index (χ2v) is 7.38. The van der Waals surface area contributed by atoms with Crippen LogP contribution in [0.25, 0.3) is 5.95 Å². The van der Waals surface area contributed by atoms with Crippen molar-refractivity contribution in [1.29, 1.82) is 0 Å². The number of carbonyl (C=O) groups is 1. The Morgan fingerprint density at radius 1 is 1.04 bits per heavy atom. The average molecular weight is 361 g/mol. The molecule has 1 aliphatic rings. The Kier molecular flexibility index (Phi) is 4.06. The van der Waals surface area contributed by atoms with Crippen molar-refractivity contribution in [3.05, 3.63) is 63.6 Å². The first-order chi connectivity index (χ1) is 12.8. The van der Waals surface area contributed by atoms with E-state index >= 15 is 0 Å². The Hall–Kier alpha value is -3.02. The first-order valence-electron chi connectivity index (χ1n) is 9.12. The molecule has 27 heavy (non-hydrogen) atoms. The molecule has 1 atom stereocenters. The van der Waals surface area contributed by atoms with Gasteiger partial charge >= 0.3 is 0 Å². The van der Waals surface area contributed by atoms with Gasteiger partial charge < -0.3 is 5.32 Å². The number of aromatic nitrogens is 4. The third-order valence-corrected chi connectivity index (χ3v) is 5.06. The van der Waals surface area contributed by atoms with Crippen molar-refractivity contribution in [3.8, 4) is 5.95 Å². The lowest BCUT2D eigenvalue weighted by molar-refractivity contribution is -0.116. The van der Waals surface area contributed by atoms with E-state index in [4.69, 9.17) is 0 Å². The highest BCUT2D eigenvalue weighted by atomic mass is 16.1. The van der Waals surface area contributed by atoms with Crippen LogP contribution in [0.4, 0.5) is 5.82 Å². The molecule has 3 aromatic rings. The van der Waals surface area contributed by atoms with Crippen molar-refractivity contribution < 1.29 is 4.79 Å². The monoisotopic (exact) mass is 361 g/mol. The molecule has 0 saturated carbocycles. The summed E-state index contributed by atoms with van der Waals surface area (Å²) in [5.74, 6) is 1.13. The highest BCUT2D eigenvalue weighted by molar-refractivity contribution is 5.95. The van der Waals surface area contributed by atoms with Crippen molar-refractivity contribution in [2.24, 2.45) is 0 Å². The fraction of sp³-hybridized carbons (Fsp3) is 0.333. The van der Waals surface area contributed by atoms with Gasteiger partial charge in [0.1, 0.15) is 5.82 Å². The van der Waals surface area contributed by atoms with Gasteiger partial charge in [-0.3, -0.25) is 4.79 Å². The van der Waals surface area contributed by atoms with Gasteiger partial charge in [-0.25, -0.2) is 9.97 Å². The van der Waals surface area contributed by atoms with Crippen molar-refractivity contribution in [3.63, 3.8) is 0 Å². The van der Waals surface area contributed by atoms with Crippen molar-refractivity contribution in [2.75, 3.05) is 5.32 Å². The second-order valence-electron chi connectivity index (χ2n) is 7.38. The third-order valence-electron chi connectivity index (χ3n) is 5.06. The predicted molar refractivity (Wildman–Crippen MR) is 104 cm³/mol. The van der Waals surface area contributed by atoms with E-state index in [0.29, 0.717) is 18.2 Å². The van der Waals surface area contributed by atoms with Gasteiger partial charge in [0.2, 0.25) is 5.91 Å². The second kappa shape index (κ2) is 6.30. The summed E-state index contributed by atoms with van der Waals surface area (Å²) in [6, 6.07) is 8.31. The molecule has 0 saturated heterocycles. The van der Waals surface area contributed by atoms with Crippen LogP contribution >= 0.6 is 0 Å². The minimum Gasteiger partial charge on any atom is -0.310 e. The highest BCUT2D eigenvalue weighted by Gasteiger charge is 2.33. The molecule has 1 amide bonds. The zero-order valence-electron chi connectivity index (χ0n) is 16.3. The molecule has 6 nitrogen and oxygen atoms in total. The highest BCUT2D eigenvalue weighted by Crippen LogP contribution is 2.41. The first-order valence-corrected chi connectivity index (χ1v) is 9.12. The molecule has 0 bridgehead atoms. The summed E-state index contributed by atoms with van der Waals surface area (Å²) in [5.41, 5.74) is 7.24. The van der Waals surface area contributed by atoms with Crippen LogP contribution in [0, 0.1) is 34.6 Å². The number of hydrogen-bond acceptors (Lipinski definition) is 4. The summed E-state index contributed by atoms with van der Waals surface area (Å²) in [5, 5.41) is 7.68. The van der Waals surface area contributed by atoms with Gasteiger partial charge in [-0.1, -0.05) is 23.8 Å². The first kappa shape index (κ1) is 17.4. The number of rotatable bonds is 2. The predicted octanol–water partition coefficient (Wildman–Crippen LogP) is 3.68. The summed E-state index contributed by atoms with van der Waals surface area (Å²) in [4.78, 5) is 21.6. The van der Waals surface area contributed by atoms with Crippen LogP contribution in [0.3, 0.4) is 0 Å². The Morgan fingerprint density at radius 3 is 2.41 bits per heavy atom. The minimum atomic E-state index is -0.0194. The number of aryl methyl sites for hydroxylation is 5. The van der Waals surface area contributed by atoms with Crippen LogP contribution in [0.5, 0.6) is 0 Å². The van der Waals surface area contributed by atoms with Crippen LogP contribution in [0.2, 0.25) is 0 Å². The molecular formula is C21H23N5O. The maximum Gasteiger partial charge on any atom is 0.252 e. The molecule has 1 aromatic carbocycles. The van der Waals surface area contributed by atoms with Crippen molar-refractivity contribution >= 4 is 11.7 Å². The fourth-order valence-corrected chi connectivity index (χ4v) is 3.98. The van der Waals surface area contributed by atoms with E-state index in [0.717, 1.165) is 22.6 Å². The topological polar surface area (TPSA) is 72.7 Å². The molecule has 0 fully saturated rings. The smallest absolute Gasteiger partial charge is 0.252 e. The molecule has 0 spiro atoms. The molecule has 0 radical (unpaired) electrons. The molecule has 4 rings (SSSR count). The molecular weight excluding hydrogens is 338 g/mol. The number of nitrogens with zero attached hydrogens (tertiary/aromatic N) is 4. The van der Waals surface area contributed by atoms with Crippen molar-refractivity contribution in [1.82, 2.24) is 19.7 Å². The van der Waals surface area contributed by atoms with Gasteiger partial charge in [0.15, 0.2) is 0 Å². The number of fused-ring (bicyclic) bond motifs is 1. The Balaban J connectivity index is 1.91. The number of carbonyl (C=O) groups excluding carboxylic acids is 1. The standard InChI is InChI=1S/C21H23N5O/c1-11-6-7-16(12(2)8-11)17-10-18(27)24-20-19(17)15(5)25-26(20)21-22-13(3)9-14(4)23-21/h6-9,17H,10H2,1-5H3,(H,24,27)/t17-/m1/s1. The number of amides is 1. The van der Waals surface area contributed by atoms with Crippen LogP contribution < -0.4 is 5.32 Å². The quantitative estimate of drug-likeness (QED) is 0.756. The molecule has 0 unspecified atom stereocenters. The maximum absolute atomic E-state index is 12.5. The summed E-state index contributed by atoms with van der Waals surface area (Å²) in [6.45, 7) is 10.0. The Labute approximate surface area is 158 Å². The van der Waals surface area contributed by atoms with E-state index < -0.39 is 0 Å². The van der Waals surface area contributed by atoms with E-state index in [1.54, 1.807) is 4.68 Å². The summed E-state index contributed by atoms with van der Waals surface area (Å²) in [6.07, 6.45) is 0.414. The maximum atomic E-state index is 12.5. The minimum absolute atomic E-state index is 0.0157. The van der Waals surface area contributed by atoms with Gasteiger partial charge in [0.05, 0.1) is 5.69 Å². The van der Waals surface area contributed by atoms with E-state index in [-0.39, 0.29) is 11.8 Å². The third kappa shape index (κ3) is 3.01. The van der Waals surface area contributed by atoms with E-state index in [9.17, 15) is 4.79 Å². The van der Waals surface area contributed by atoms with E-state index in [1.807, 2.05) is 26.8 Å². The zero-order valence-corrected chi connectivity index (χ0v) is 16.3. The summed E-state index contributed by atoms with van der Waals surface area (Å²) >= 11 is 0. The van der Waals surface area contributed by atoms with Crippen LogP contribution in [-0.2, 0) is 4.79 Å². The fourth-order valence-electron chi connectivity index (χ4n) is 3.98. The van der Waals surface area contributed by atoms with Gasteiger partial charge in [-0.05, 0) is 51.8 Å². The van der Waals surface area contributed by atoms with E-state index in [2.05, 4.69) is 52.4 Å². The molecule has 1 N–H and O–H groups in total. The Bertz CT molecular complexity index is 1050. The largest absolute Gasteiger partial charge is 0.310 e. The SMILES string of the molecule is Cc1ccc([C@H]2CC(=O)Nc3c2c(C)nn3-c2nc(C)cc(C)n2)c(C)c1. The number of nitrogens with one attached hydrogen (secondary N) is 1. The molecule has 0 aliphatic carbocycles. The number of benzene rings is 1. The summed E-state index contributed by atoms with van der Waals surface area (Å²) in [7, 11) is 0. The van der Waals surface area contributed by atoms with Gasteiger partial charge in [0.25, 0.3) is 5.95 Å². The van der Waals surface area contributed by atoms with Crippen molar-refractivity contribution in [2.45, 2.75) is 47.0 Å². The lowest BCUT2D eigenvalue weighted by Gasteiger charge is -2.25. The van der Waals surface area contributed by atoms with Gasteiger partial charge in [-0.15, -0.1) is 0 Å².